The van der Waals surface area contributed by atoms with E-state index in [2.05, 4.69) is 20.5 Å². The summed E-state index contributed by atoms with van der Waals surface area (Å²) in [5, 5.41) is 9.46. The number of hydrogen-bond donors (Lipinski definition) is 3. The molecule has 0 aliphatic carbocycles. The van der Waals surface area contributed by atoms with Crippen LogP contribution >= 0.6 is 0 Å². The van der Waals surface area contributed by atoms with Gasteiger partial charge in [0.1, 0.15) is 23.1 Å². The quantitative estimate of drug-likeness (QED) is 0.488. The first-order valence-corrected chi connectivity index (χ1v) is 8.56. The molecule has 0 saturated heterocycles. The minimum absolute atomic E-state index is 0.161. The number of aromatic nitrogens is 3. The molecule has 0 aliphatic heterocycles. The standard InChI is InChI=1S/C20H15F3N4O/c21-12-3-1-11(2-4-12)18-14(5-7-24-20(28)17-6-8-25-27-17)15-9-13(22)10-16(23)19(15)26-18/h1-4,6,8-10,26H,5,7H2,(H,24,28)(H,25,27). The molecule has 3 N–H and O–H groups in total. The zero-order valence-corrected chi connectivity index (χ0v) is 14.5. The zero-order chi connectivity index (χ0) is 19.7. The van der Waals surface area contributed by atoms with Crippen molar-refractivity contribution in [1.29, 1.82) is 0 Å². The lowest BCUT2D eigenvalue weighted by Gasteiger charge is -2.07. The lowest BCUT2D eigenvalue weighted by molar-refractivity contribution is 0.0949. The Morgan fingerprint density at radius 1 is 1.04 bits per heavy atom. The van der Waals surface area contributed by atoms with Gasteiger partial charge >= 0.3 is 0 Å². The summed E-state index contributed by atoms with van der Waals surface area (Å²) in [7, 11) is 0. The van der Waals surface area contributed by atoms with Crippen LogP contribution in [0.3, 0.4) is 0 Å². The van der Waals surface area contributed by atoms with Crippen LogP contribution in [0.2, 0.25) is 0 Å². The number of amides is 1. The van der Waals surface area contributed by atoms with Gasteiger partial charge in [-0.2, -0.15) is 5.10 Å². The van der Waals surface area contributed by atoms with Crippen molar-refractivity contribution in [1.82, 2.24) is 20.5 Å². The highest BCUT2D eigenvalue weighted by atomic mass is 19.1. The lowest BCUT2D eigenvalue weighted by atomic mass is 10.0. The Morgan fingerprint density at radius 2 is 1.82 bits per heavy atom. The third-order valence-electron chi connectivity index (χ3n) is 4.46. The van der Waals surface area contributed by atoms with Gasteiger partial charge in [0.15, 0.2) is 0 Å². The summed E-state index contributed by atoms with van der Waals surface area (Å²) in [6, 6.07) is 9.28. The summed E-state index contributed by atoms with van der Waals surface area (Å²) in [5.41, 5.74) is 2.21. The Kier molecular flexibility index (Phi) is 4.60. The fraction of sp³-hybridized carbons (Fsp3) is 0.100. The molecule has 2 aromatic carbocycles. The second kappa shape index (κ2) is 7.22. The Balaban J connectivity index is 1.69. The fourth-order valence-electron chi connectivity index (χ4n) is 3.17. The molecule has 0 saturated carbocycles. The highest BCUT2D eigenvalue weighted by Gasteiger charge is 2.17. The van der Waals surface area contributed by atoms with Crippen LogP contribution in [0.15, 0.2) is 48.7 Å². The van der Waals surface area contributed by atoms with Gasteiger partial charge in [-0.1, -0.05) is 0 Å². The van der Waals surface area contributed by atoms with E-state index in [1.54, 1.807) is 12.1 Å². The first-order valence-electron chi connectivity index (χ1n) is 8.56. The molecular formula is C20H15F3N4O. The summed E-state index contributed by atoms with van der Waals surface area (Å²) < 4.78 is 41.3. The van der Waals surface area contributed by atoms with Gasteiger partial charge in [0.25, 0.3) is 5.91 Å². The van der Waals surface area contributed by atoms with Crippen LogP contribution in [0.4, 0.5) is 13.2 Å². The molecule has 4 aromatic rings. The number of hydrogen-bond acceptors (Lipinski definition) is 2. The lowest BCUT2D eigenvalue weighted by Crippen LogP contribution is -2.26. The number of carbonyl (C=O) groups is 1. The van der Waals surface area contributed by atoms with E-state index >= 15 is 0 Å². The molecule has 0 aliphatic rings. The highest BCUT2D eigenvalue weighted by Crippen LogP contribution is 2.32. The molecule has 8 heteroatoms. The highest BCUT2D eigenvalue weighted by molar-refractivity contribution is 5.93. The van der Waals surface area contributed by atoms with Crippen LogP contribution in [0, 0.1) is 17.5 Å². The Bertz CT molecular complexity index is 1130. The molecule has 28 heavy (non-hydrogen) atoms. The van der Waals surface area contributed by atoms with Gasteiger partial charge in [0.2, 0.25) is 0 Å². The van der Waals surface area contributed by atoms with Gasteiger partial charge in [0.05, 0.1) is 5.52 Å². The Morgan fingerprint density at radius 3 is 2.54 bits per heavy atom. The summed E-state index contributed by atoms with van der Waals surface area (Å²) in [5.74, 6) is -2.17. The largest absolute Gasteiger partial charge is 0.352 e. The number of benzene rings is 2. The average Bonchev–Trinajstić information content (AvgIpc) is 3.31. The van der Waals surface area contributed by atoms with Gasteiger partial charge < -0.3 is 10.3 Å². The number of halogens is 3. The van der Waals surface area contributed by atoms with Gasteiger partial charge in [-0.3, -0.25) is 9.89 Å². The van der Waals surface area contributed by atoms with Crippen LogP contribution < -0.4 is 5.32 Å². The first-order chi connectivity index (χ1) is 13.5. The minimum Gasteiger partial charge on any atom is -0.352 e. The maximum absolute atomic E-state index is 14.2. The van der Waals surface area contributed by atoms with Gasteiger partial charge in [-0.25, -0.2) is 13.2 Å². The van der Waals surface area contributed by atoms with Crippen molar-refractivity contribution in [3.63, 3.8) is 0 Å². The molecule has 1 amide bonds. The molecule has 0 unspecified atom stereocenters. The first kappa shape index (κ1) is 17.8. The van der Waals surface area contributed by atoms with Crippen molar-refractivity contribution in [2.75, 3.05) is 6.54 Å². The molecule has 2 aromatic heterocycles. The molecule has 0 radical (unpaired) electrons. The molecule has 5 nitrogen and oxygen atoms in total. The maximum atomic E-state index is 14.2. The van der Waals surface area contributed by atoms with Gasteiger partial charge in [-0.15, -0.1) is 0 Å². The van der Waals surface area contributed by atoms with E-state index in [0.717, 1.165) is 6.07 Å². The number of nitrogens with zero attached hydrogens (tertiary/aromatic N) is 1. The van der Waals surface area contributed by atoms with Crippen molar-refractivity contribution < 1.29 is 18.0 Å². The predicted octanol–water partition coefficient (Wildman–Crippen LogP) is 3.95. The van der Waals surface area contributed by atoms with Crippen LogP contribution in [-0.4, -0.2) is 27.6 Å². The Labute approximate surface area is 157 Å². The number of aromatic amines is 2. The molecule has 0 atom stereocenters. The smallest absolute Gasteiger partial charge is 0.271 e. The predicted molar refractivity (Wildman–Crippen MR) is 98.2 cm³/mol. The number of carbonyl (C=O) groups excluding carboxylic acids is 1. The summed E-state index contributed by atoms with van der Waals surface area (Å²) >= 11 is 0. The normalized spacial score (nSPS) is 11.1. The molecule has 2 heterocycles. The summed E-state index contributed by atoms with van der Waals surface area (Å²) in [6.07, 6.45) is 1.85. The minimum atomic E-state index is -0.717. The maximum Gasteiger partial charge on any atom is 0.271 e. The molecule has 142 valence electrons. The van der Waals surface area contributed by atoms with E-state index in [9.17, 15) is 18.0 Å². The molecule has 4 rings (SSSR count). The van der Waals surface area contributed by atoms with Gasteiger partial charge in [0, 0.05) is 29.9 Å². The van der Waals surface area contributed by atoms with Crippen molar-refractivity contribution in [2.24, 2.45) is 0 Å². The summed E-state index contributed by atoms with van der Waals surface area (Å²) in [6.45, 7) is 0.227. The van der Waals surface area contributed by atoms with E-state index in [1.165, 1.54) is 30.5 Å². The van der Waals surface area contributed by atoms with Crippen molar-refractivity contribution >= 4 is 16.8 Å². The third kappa shape index (κ3) is 3.36. The molecule has 0 bridgehead atoms. The van der Waals surface area contributed by atoms with E-state index in [4.69, 9.17) is 0 Å². The van der Waals surface area contributed by atoms with Crippen LogP contribution in [0.1, 0.15) is 16.1 Å². The van der Waals surface area contributed by atoms with E-state index in [-0.39, 0.29) is 23.7 Å². The summed E-state index contributed by atoms with van der Waals surface area (Å²) in [4.78, 5) is 15.0. The average molecular weight is 384 g/mol. The van der Waals surface area contributed by atoms with Crippen LogP contribution in [0.5, 0.6) is 0 Å². The monoisotopic (exact) mass is 384 g/mol. The van der Waals surface area contributed by atoms with Crippen molar-refractivity contribution in [3.8, 4) is 11.3 Å². The second-order valence-corrected chi connectivity index (χ2v) is 6.26. The SMILES string of the molecule is O=C(NCCc1c(-c2ccc(F)cc2)[nH]c2c(F)cc(F)cc12)c1cc[nH]n1. The van der Waals surface area contributed by atoms with E-state index < -0.39 is 17.5 Å². The number of H-pyrrole nitrogens is 2. The third-order valence-corrected chi connectivity index (χ3v) is 4.46. The fourth-order valence-corrected chi connectivity index (χ4v) is 3.17. The Hall–Kier alpha value is -3.55. The van der Waals surface area contributed by atoms with Crippen molar-refractivity contribution in [3.05, 3.63) is 77.4 Å². The van der Waals surface area contributed by atoms with Crippen molar-refractivity contribution in [2.45, 2.75) is 6.42 Å². The van der Waals surface area contributed by atoms with Gasteiger partial charge in [-0.05, 0) is 53.9 Å². The molecule has 0 fully saturated rings. The topological polar surface area (TPSA) is 73.6 Å². The number of nitrogens with one attached hydrogen (secondary N) is 3. The van der Waals surface area contributed by atoms with E-state index in [0.29, 0.717) is 28.6 Å². The van der Waals surface area contributed by atoms with E-state index in [1.807, 2.05) is 0 Å². The second-order valence-electron chi connectivity index (χ2n) is 6.26. The zero-order valence-electron chi connectivity index (χ0n) is 14.5. The molecule has 0 spiro atoms. The number of rotatable bonds is 5. The van der Waals surface area contributed by atoms with Crippen LogP contribution in [0.25, 0.3) is 22.2 Å². The van der Waals surface area contributed by atoms with Crippen LogP contribution in [-0.2, 0) is 6.42 Å². The molecular weight excluding hydrogens is 369 g/mol. The number of fused-ring (bicyclic) bond motifs is 1.